The second kappa shape index (κ2) is 9.21. The lowest BCUT2D eigenvalue weighted by atomic mass is 9.89. The van der Waals surface area contributed by atoms with Crippen molar-refractivity contribution >= 4 is 0 Å². The maximum Gasteiger partial charge on any atom is -0.0279 e. The summed E-state index contributed by atoms with van der Waals surface area (Å²) in [6.45, 7) is 9.27. The van der Waals surface area contributed by atoms with Crippen molar-refractivity contribution in [3.63, 3.8) is 0 Å². The van der Waals surface area contributed by atoms with Crippen molar-refractivity contribution in [2.75, 3.05) is 0 Å². The minimum atomic E-state index is 0.488. The fourth-order valence-electron chi connectivity index (χ4n) is 2.61. The van der Waals surface area contributed by atoms with Gasteiger partial charge in [0.1, 0.15) is 0 Å². The molecule has 0 radical (unpaired) electrons. The Morgan fingerprint density at radius 1 is 0.700 bits per heavy atom. The molecule has 0 aliphatic carbocycles. The molecule has 1 aromatic rings. The Kier molecular flexibility index (Phi) is 7.95. The molecule has 1 aromatic carbocycles. The van der Waals surface area contributed by atoms with Gasteiger partial charge in [-0.2, -0.15) is 0 Å². The van der Waals surface area contributed by atoms with Crippen LogP contribution in [0.3, 0.4) is 0 Å². The summed E-state index contributed by atoms with van der Waals surface area (Å²) >= 11 is 0. The molecule has 0 aromatic heterocycles. The van der Waals surface area contributed by atoms with E-state index in [1.165, 1.54) is 68.9 Å². The third-order valence-electron chi connectivity index (χ3n) is 3.98. The highest BCUT2D eigenvalue weighted by molar-refractivity contribution is 5.22. The summed E-state index contributed by atoms with van der Waals surface area (Å²) in [7, 11) is 0. The van der Waals surface area contributed by atoms with Crippen LogP contribution >= 0.6 is 0 Å². The first-order valence-corrected chi connectivity index (χ1v) is 8.59. The molecule has 0 unspecified atom stereocenters. The van der Waals surface area contributed by atoms with E-state index in [2.05, 4.69) is 52.0 Å². The second-order valence-corrected chi connectivity index (χ2v) is 7.39. The molecule has 0 saturated carbocycles. The maximum absolute atomic E-state index is 2.34. The van der Waals surface area contributed by atoms with Crippen LogP contribution in [0.1, 0.15) is 83.8 Å². The molecular formula is C20H34. The van der Waals surface area contributed by atoms with E-state index in [-0.39, 0.29) is 0 Å². The zero-order chi connectivity index (χ0) is 14.8. The standard InChI is InChI=1S/C20H34/c1-5-6-7-8-11-18-13-15-19(16-14-18)12-9-10-17-20(2,3)4/h13-16H,5-12,17H2,1-4H3. The zero-order valence-electron chi connectivity index (χ0n) is 14.2. The maximum atomic E-state index is 2.34. The van der Waals surface area contributed by atoms with E-state index in [0.29, 0.717) is 5.41 Å². The van der Waals surface area contributed by atoms with Crippen molar-refractivity contribution in [2.45, 2.75) is 85.5 Å². The number of hydrogen-bond acceptors (Lipinski definition) is 0. The predicted molar refractivity (Wildman–Crippen MR) is 91.3 cm³/mol. The molecule has 0 aliphatic rings. The quantitative estimate of drug-likeness (QED) is 0.447. The molecule has 0 fully saturated rings. The molecule has 0 N–H and O–H groups in total. The average molecular weight is 274 g/mol. The molecule has 114 valence electrons. The lowest BCUT2D eigenvalue weighted by Gasteiger charge is -2.17. The van der Waals surface area contributed by atoms with E-state index < -0.39 is 0 Å². The summed E-state index contributed by atoms with van der Waals surface area (Å²) in [4.78, 5) is 0. The molecule has 0 heteroatoms. The van der Waals surface area contributed by atoms with Gasteiger partial charge in [-0.1, -0.05) is 77.6 Å². The largest absolute Gasteiger partial charge is 0.0654 e. The number of unbranched alkanes of at least 4 members (excludes halogenated alkanes) is 4. The van der Waals surface area contributed by atoms with Gasteiger partial charge in [0.25, 0.3) is 0 Å². The minimum absolute atomic E-state index is 0.488. The smallest absolute Gasteiger partial charge is 0.0279 e. The van der Waals surface area contributed by atoms with Gasteiger partial charge in [-0.05, 0) is 48.6 Å². The van der Waals surface area contributed by atoms with Crippen LogP contribution in [0.4, 0.5) is 0 Å². The molecule has 0 spiro atoms. The van der Waals surface area contributed by atoms with Gasteiger partial charge >= 0.3 is 0 Å². The third-order valence-corrected chi connectivity index (χ3v) is 3.98. The summed E-state index contributed by atoms with van der Waals surface area (Å²) in [5.74, 6) is 0. The fourth-order valence-corrected chi connectivity index (χ4v) is 2.61. The van der Waals surface area contributed by atoms with Gasteiger partial charge < -0.3 is 0 Å². The van der Waals surface area contributed by atoms with Crippen LogP contribution < -0.4 is 0 Å². The predicted octanol–water partition coefficient (Wildman–Crippen LogP) is 6.57. The van der Waals surface area contributed by atoms with Gasteiger partial charge in [-0.15, -0.1) is 0 Å². The van der Waals surface area contributed by atoms with E-state index >= 15 is 0 Å². The van der Waals surface area contributed by atoms with E-state index in [1.54, 1.807) is 0 Å². The molecule has 0 nitrogen and oxygen atoms in total. The molecule has 0 aliphatic heterocycles. The fraction of sp³-hybridized carbons (Fsp3) is 0.700. The second-order valence-electron chi connectivity index (χ2n) is 7.39. The monoisotopic (exact) mass is 274 g/mol. The molecule has 0 bridgehead atoms. The molecule has 0 amide bonds. The highest BCUT2D eigenvalue weighted by Gasteiger charge is 2.08. The molecule has 1 rings (SSSR count). The van der Waals surface area contributed by atoms with Crippen LogP contribution in [0.5, 0.6) is 0 Å². The Bertz CT molecular complexity index is 339. The molecular weight excluding hydrogens is 240 g/mol. The van der Waals surface area contributed by atoms with Crippen molar-refractivity contribution in [1.82, 2.24) is 0 Å². The molecule has 0 heterocycles. The molecule has 0 saturated heterocycles. The third kappa shape index (κ3) is 8.40. The van der Waals surface area contributed by atoms with Gasteiger partial charge in [0.05, 0.1) is 0 Å². The average Bonchev–Trinajstić information content (AvgIpc) is 2.40. The summed E-state index contributed by atoms with van der Waals surface area (Å²) in [5.41, 5.74) is 3.51. The van der Waals surface area contributed by atoms with Crippen LogP contribution in [0.2, 0.25) is 0 Å². The van der Waals surface area contributed by atoms with Gasteiger partial charge in [0, 0.05) is 0 Å². The van der Waals surface area contributed by atoms with Crippen molar-refractivity contribution in [3.05, 3.63) is 35.4 Å². The molecule has 20 heavy (non-hydrogen) atoms. The summed E-state index contributed by atoms with van der Waals surface area (Å²) in [6.07, 6.45) is 11.9. The number of aryl methyl sites for hydroxylation is 2. The Balaban J connectivity index is 2.21. The van der Waals surface area contributed by atoms with Crippen LogP contribution in [0, 0.1) is 5.41 Å². The van der Waals surface area contributed by atoms with Crippen molar-refractivity contribution in [1.29, 1.82) is 0 Å². The van der Waals surface area contributed by atoms with Crippen molar-refractivity contribution < 1.29 is 0 Å². The Labute approximate surface area is 127 Å². The minimum Gasteiger partial charge on any atom is -0.0654 e. The van der Waals surface area contributed by atoms with Crippen molar-refractivity contribution in [3.8, 4) is 0 Å². The van der Waals surface area contributed by atoms with Crippen LogP contribution in [0.25, 0.3) is 0 Å². The number of benzene rings is 1. The topological polar surface area (TPSA) is 0 Å². The van der Waals surface area contributed by atoms with E-state index in [4.69, 9.17) is 0 Å². The number of rotatable bonds is 9. The highest BCUT2D eigenvalue weighted by Crippen LogP contribution is 2.22. The van der Waals surface area contributed by atoms with E-state index in [0.717, 1.165) is 0 Å². The van der Waals surface area contributed by atoms with Gasteiger partial charge in [0.15, 0.2) is 0 Å². The first-order valence-electron chi connectivity index (χ1n) is 8.59. The van der Waals surface area contributed by atoms with Crippen molar-refractivity contribution in [2.24, 2.45) is 5.41 Å². The summed E-state index contributed by atoms with van der Waals surface area (Å²) in [5, 5.41) is 0. The van der Waals surface area contributed by atoms with E-state index in [1.807, 2.05) is 0 Å². The lowest BCUT2D eigenvalue weighted by Crippen LogP contribution is -2.04. The Hall–Kier alpha value is -0.780. The highest BCUT2D eigenvalue weighted by atomic mass is 14.1. The van der Waals surface area contributed by atoms with Gasteiger partial charge in [0.2, 0.25) is 0 Å². The normalized spacial score (nSPS) is 11.8. The van der Waals surface area contributed by atoms with Gasteiger partial charge in [-0.3, -0.25) is 0 Å². The SMILES string of the molecule is CCCCCCc1ccc(CCCCC(C)(C)C)cc1. The van der Waals surface area contributed by atoms with Gasteiger partial charge in [-0.25, -0.2) is 0 Å². The Morgan fingerprint density at radius 2 is 1.20 bits per heavy atom. The summed E-state index contributed by atoms with van der Waals surface area (Å²) in [6, 6.07) is 9.36. The first kappa shape index (κ1) is 17.3. The van der Waals surface area contributed by atoms with Crippen LogP contribution in [-0.4, -0.2) is 0 Å². The zero-order valence-corrected chi connectivity index (χ0v) is 14.2. The van der Waals surface area contributed by atoms with E-state index in [9.17, 15) is 0 Å². The van der Waals surface area contributed by atoms with Crippen LogP contribution in [-0.2, 0) is 12.8 Å². The number of hydrogen-bond donors (Lipinski definition) is 0. The molecule has 0 atom stereocenters. The van der Waals surface area contributed by atoms with Crippen LogP contribution in [0.15, 0.2) is 24.3 Å². The first-order chi connectivity index (χ1) is 9.51. The Morgan fingerprint density at radius 3 is 1.65 bits per heavy atom. The summed E-state index contributed by atoms with van der Waals surface area (Å²) < 4.78 is 0. The lowest BCUT2D eigenvalue weighted by molar-refractivity contribution is 0.360.